The molecule has 1 aliphatic carbocycles. The minimum absolute atomic E-state index is 0.0737. The van der Waals surface area contributed by atoms with Gasteiger partial charge in [-0.25, -0.2) is 8.42 Å². The summed E-state index contributed by atoms with van der Waals surface area (Å²) in [5.41, 5.74) is 2.46. The van der Waals surface area contributed by atoms with Crippen molar-refractivity contribution in [1.29, 1.82) is 0 Å². The Morgan fingerprint density at radius 3 is 2.39 bits per heavy atom. The van der Waals surface area contributed by atoms with Gasteiger partial charge in [0.2, 0.25) is 5.91 Å². The number of carbonyl (C=O) groups excluding carboxylic acids is 1. The fraction of sp³-hybridized carbons (Fsp3) is 0.611. The van der Waals surface area contributed by atoms with Crippen LogP contribution in [-0.2, 0) is 14.6 Å². The van der Waals surface area contributed by atoms with Crippen molar-refractivity contribution in [3.63, 3.8) is 0 Å². The maximum atomic E-state index is 12.7. The van der Waals surface area contributed by atoms with E-state index < -0.39 is 9.84 Å². The van der Waals surface area contributed by atoms with E-state index in [4.69, 9.17) is 0 Å². The molecule has 126 valence electrons. The monoisotopic (exact) mass is 335 g/mol. The molecular formula is C18H25NO3S. The van der Waals surface area contributed by atoms with Gasteiger partial charge in [-0.3, -0.25) is 4.79 Å². The van der Waals surface area contributed by atoms with Gasteiger partial charge in [0.15, 0.2) is 9.84 Å². The molecule has 5 heteroatoms. The second kappa shape index (κ2) is 6.27. The van der Waals surface area contributed by atoms with Gasteiger partial charge < -0.3 is 4.90 Å². The molecule has 1 amide bonds. The highest BCUT2D eigenvalue weighted by Gasteiger charge is 2.37. The topological polar surface area (TPSA) is 54.5 Å². The predicted octanol–water partition coefficient (Wildman–Crippen LogP) is 2.52. The van der Waals surface area contributed by atoms with Gasteiger partial charge in [-0.05, 0) is 43.6 Å². The van der Waals surface area contributed by atoms with E-state index in [0.717, 1.165) is 0 Å². The number of hydrogen-bond acceptors (Lipinski definition) is 3. The summed E-state index contributed by atoms with van der Waals surface area (Å²) < 4.78 is 23.2. The lowest BCUT2D eigenvalue weighted by molar-refractivity contribution is -0.132. The number of nitrogens with zero attached hydrogens (tertiary/aromatic N) is 1. The van der Waals surface area contributed by atoms with E-state index in [9.17, 15) is 13.2 Å². The number of hydrogen-bond donors (Lipinski definition) is 0. The second-order valence-corrected chi connectivity index (χ2v) is 9.35. The lowest BCUT2D eigenvalue weighted by atomic mass is 9.90. The first kappa shape index (κ1) is 16.5. The Hall–Kier alpha value is -1.36. The molecule has 2 unspecified atom stereocenters. The molecule has 0 radical (unpaired) electrons. The molecule has 0 spiro atoms. The fourth-order valence-electron chi connectivity index (χ4n) is 3.49. The molecule has 2 fully saturated rings. The summed E-state index contributed by atoms with van der Waals surface area (Å²) in [7, 11) is -1.20. The molecule has 0 aromatic heterocycles. The van der Waals surface area contributed by atoms with Crippen molar-refractivity contribution in [2.45, 2.75) is 44.6 Å². The van der Waals surface area contributed by atoms with Crippen molar-refractivity contribution >= 4 is 15.7 Å². The summed E-state index contributed by atoms with van der Waals surface area (Å²) in [4.78, 5) is 14.3. The van der Waals surface area contributed by atoms with Crippen LogP contribution in [0, 0.1) is 12.8 Å². The van der Waals surface area contributed by atoms with Crippen molar-refractivity contribution < 1.29 is 13.2 Å². The molecule has 3 rings (SSSR count). The molecule has 4 nitrogen and oxygen atoms in total. The fourth-order valence-corrected chi connectivity index (χ4v) is 5.26. The van der Waals surface area contributed by atoms with Crippen LogP contribution in [0.4, 0.5) is 0 Å². The highest BCUT2D eigenvalue weighted by Crippen LogP contribution is 2.44. The summed E-state index contributed by atoms with van der Waals surface area (Å²) in [6.07, 6.45) is 3.44. The van der Waals surface area contributed by atoms with Crippen LogP contribution in [0.25, 0.3) is 0 Å². The van der Waals surface area contributed by atoms with Gasteiger partial charge in [-0.1, -0.05) is 29.8 Å². The SMILES string of the molecule is Cc1ccc(C(CC(=O)N(C)C2CCS(=O)(=O)C2)C2CC2)cc1. The van der Waals surface area contributed by atoms with Gasteiger partial charge in [-0.15, -0.1) is 0 Å². The van der Waals surface area contributed by atoms with Gasteiger partial charge in [-0.2, -0.15) is 0 Å². The Bertz CT molecular complexity index is 677. The van der Waals surface area contributed by atoms with Crippen LogP contribution in [0.2, 0.25) is 0 Å². The first-order chi connectivity index (χ1) is 10.9. The Morgan fingerprint density at radius 1 is 1.22 bits per heavy atom. The molecule has 1 saturated heterocycles. The first-order valence-electron chi connectivity index (χ1n) is 8.38. The standard InChI is InChI=1S/C18H25NO3S/c1-13-3-5-14(6-4-13)17(15-7-8-15)11-18(20)19(2)16-9-10-23(21,22)12-16/h3-6,15-17H,7-12H2,1-2H3. The van der Waals surface area contributed by atoms with Crippen LogP contribution < -0.4 is 0 Å². The van der Waals surface area contributed by atoms with Crippen LogP contribution >= 0.6 is 0 Å². The smallest absolute Gasteiger partial charge is 0.223 e. The summed E-state index contributed by atoms with van der Waals surface area (Å²) in [6, 6.07) is 8.31. The Labute approximate surface area is 138 Å². The average molecular weight is 335 g/mol. The van der Waals surface area contributed by atoms with Crippen molar-refractivity contribution in [3.05, 3.63) is 35.4 Å². The van der Waals surface area contributed by atoms with E-state index in [1.165, 1.54) is 24.0 Å². The third-order valence-electron chi connectivity index (χ3n) is 5.24. The van der Waals surface area contributed by atoms with Crippen LogP contribution in [0.3, 0.4) is 0 Å². The Kier molecular flexibility index (Phi) is 4.50. The highest BCUT2D eigenvalue weighted by molar-refractivity contribution is 7.91. The highest BCUT2D eigenvalue weighted by atomic mass is 32.2. The van der Waals surface area contributed by atoms with E-state index in [-0.39, 0.29) is 29.4 Å². The number of sulfone groups is 1. The number of amides is 1. The minimum atomic E-state index is -2.96. The lowest BCUT2D eigenvalue weighted by Crippen LogP contribution is -2.38. The van der Waals surface area contributed by atoms with Crippen molar-refractivity contribution in [2.75, 3.05) is 18.6 Å². The maximum absolute atomic E-state index is 12.7. The Morgan fingerprint density at radius 2 is 1.87 bits per heavy atom. The summed E-state index contributed by atoms with van der Waals surface area (Å²) in [5, 5.41) is 0. The molecule has 1 aromatic carbocycles. The molecule has 0 N–H and O–H groups in total. The molecule has 2 atom stereocenters. The normalized spacial score (nSPS) is 24.3. The first-order valence-corrected chi connectivity index (χ1v) is 10.2. The third kappa shape index (κ3) is 3.94. The van der Waals surface area contributed by atoms with Crippen molar-refractivity contribution in [1.82, 2.24) is 4.90 Å². The molecule has 0 bridgehead atoms. The third-order valence-corrected chi connectivity index (χ3v) is 6.99. The van der Waals surface area contributed by atoms with Gasteiger partial charge in [0, 0.05) is 19.5 Å². The molecule has 1 saturated carbocycles. The molecule has 23 heavy (non-hydrogen) atoms. The quantitative estimate of drug-likeness (QED) is 0.831. The molecule has 2 aliphatic rings. The summed E-state index contributed by atoms with van der Waals surface area (Å²) in [5.74, 6) is 1.27. The second-order valence-electron chi connectivity index (χ2n) is 7.12. The van der Waals surface area contributed by atoms with Crippen LogP contribution in [-0.4, -0.2) is 43.8 Å². The van der Waals surface area contributed by atoms with E-state index in [0.29, 0.717) is 18.8 Å². The zero-order chi connectivity index (χ0) is 16.6. The number of carbonyl (C=O) groups is 1. The van der Waals surface area contributed by atoms with E-state index in [1.807, 2.05) is 0 Å². The maximum Gasteiger partial charge on any atom is 0.223 e. The summed E-state index contributed by atoms with van der Waals surface area (Å²) in [6.45, 7) is 2.06. The number of benzene rings is 1. The van der Waals surface area contributed by atoms with E-state index in [2.05, 4.69) is 31.2 Å². The average Bonchev–Trinajstić information content (AvgIpc) is 3.28. The molecule has 1 aromatic rings. The van der Waals surface area contributed by atoms with E-state index in [1.54, 1.807) is 11.9 Å². The largest absolute Gasteiger partial charge is 0.342 e. The van der Waals surface area contributed by atoms with Gasteiger partial charge in [0.05, 0.1) is 11.5 Å². The van der Waals surface area contributed by atoms with Crippen molar-refractivity contribution in [2.24, 2.45) is 5.92 Å². The van der Waals surface area contributed by atoms with Crippen LogP contribution in [0.15, 0.2) is 24.3 Å². The molecule has 1 aliphatic heterocycles. The van der Waals surface area contributed by atoms with Gasteiger partial charge in [0.25, 0.3) is 0 Å². The van der Waals surface area contributed by atoms with Gasteiger partial charge in [0.1, 0.15) is 0 Å². The summed E-state index contributed by atoms with van der Waals surface area (Å²) >= 11 is 0. The predicted molar refractivity (Wildman–Crippen MR) is 91.1 cm³/mol. The lowest BCUT2D eigenvalue weighted by Gasteiger charge is -2.26. The van der Waals surface area contributed by atoms with Crippen LogP contribution in [0.5, 0.6) is 0 Å². The van der Waals surface area contributed by atoms with E-state index >= 15 is 0 Å². The van der Waals surface area contributed by atoms with Crippen LogP contribution in [0.1, 0.15) is 42.7 Å². The molecule has 1 heterocycles. The minimum Gasteiger partial charge on any atom is -0.342 e. The molecular weight excluding hydrogens is 310 g/mol. The zero-order valence-electron chi connectivity index (χ0n) is 13.9. The number of rotatable bonds is 5. The Balaban J connectivity index is 1.68. The van der Waals surface area contributed by atoms with Crippen molar-refractivity contribution in [3.8, 4) is 0 Å². The zero-order valence-corrected chi connectivity index (χ0v) is 14.7. The number of aryl methyl sites for hydroxylation is 1. The van der Waals surface area contributed by atoms with Gasteiger partial charge >= 0.3 is 0 Å².